The first kappa shape index (κ1) is 33.9. The topological polar surface area (TPSA) is 258 Å². The summed E-state index contributed by atoms with van der Waals surface area (Å²) >= 11 is 8.41. The molecule has 0 aliphatic carbocycles. The third-order valence-corrected chi connectivity index (χ3v) is 8.35. The minimum atomic E-state index is -2.39. The Kier molecular flexibility index (Phi) is 10.8. The number of aliphatic carboxylic acids is 3. The maximum absolute atomic E-state index is 13.1. The molecule has 2 aromatic rings. The number of allylic oxidation sites excluding steroid dienone is 1. The number of hydrogen-bond donors (Lipinski definition) is 6. The third kappa shape index (κ3) is 6.65. The Balaban J connectivity index is 2.60. The van der Waals surface area contributed by atoms with Gasteiger partial charge in [-0.2, -0.15) is 28.5 Å². The van der Waals surface area contributed by atoms with Crippen molar-refractivity contribution in [3.63, 3.8) is 0 Å². The van der Waals surface area contributed by atoms with Crippen molar-refractivity contribution in [1.29, 1.82) is 0 Å². The van der Waals surface area contributed by atoms with Gasteiger partial charge in [0.15, 0.2) is 16.9 Å². The maximum Gasteiger partial charge on any atom is 0.334 e. The first-order valence-electron chi connectivity index (χ1n) is 12.4. The smallest absolute Gasteiger partial charge is 0.334 e. The minimum Gasteiger partial charge on any atom is -0.480 e. The molecule has 0 saturated carbocycles. The molecule has 1 aliphatic heterocycles. The summed E-state index contributed by atoms with van der Waals surface area (Å²) in [6.07, 6.45) is 2.91. The average molecular weight is 657 g/mol. The number of alkyl halides is 1. The van der Waals surface area contributed by atoms with Crippen molar-refractivity contribution in [2.75, 3.05) is 24.0 Å². The van der Waals surface area contributed by atoms with Gasteiger partial charge in [0.1, 0.15) is 0 Å². The number of thioether (sulfide) groups is 2. The van der Waals surface area contributed by atoms with E-state index in [1.165, 1.54) is 41.7 Å². The van der Waals surface area contributed by atoms with E-state index in [9.17, 15) is 39.8 Å². The summed E-state index contributed by atoms with van der Waals surface area (Å²) in [6.45, 7) is 0. The number of rotatable bonds is 15. The summed E-state index contributed by atoms with van der Waals surface area (Å²) < 4.78 is 5.40. The molecular weight excluding hydrogens is 628 g/mol. The van der Waals surface area contributed by atoms with E-state index < -0.39 is 56.8 Å². The molecular formula is C25H29ClN6O9S2. The quantitative estimate of drug-likeness (QED) is 0.0911. The molecule has 1 aromatic carbocycles. The van der Waals surface area contributed by atoms with E-state index in [-0.39, 0.29) is 58.8 Å². The second-order valence-corrected chi connectivity index (χ2v) is 11.7. The number of carbonyl (C=O) groups is 3. The number of carboxylic acids is 3. The lowest BCUT2D eigenvalue weighted by molar-refractivity contribution is -0.384. The monoisotopic (exact) mass is 656 g/mol. The molecule has 0 radical (unpaired) electrons. The number of carboxylic acid groups (broad SMARTS) is 3. The molecule has 232 valence electrons. The van der Waals surface area contributed by atoms with Crippen molar-refractivity contribution >= 4 is 64.3 Å². The molecule has 0 fully saturated rings. The average Bonchev–Trinajstić information content (AvgIpc) is 3.46. The van der Waals surface area contributed by atoms with Crippen LogP contribution < -0.4 is 16.8 Å². The number of nitro groups is 1. The lowest BCUT2D eigenvalue weighted by Gasteiger charge is -2.41. The fourth-order valence-corrected chi connectivity index (χ4v) is 5.79. The van der Waals surface area contributed by atoms with Gasteiger partial charge in [-0.05, 0) is 42.4 Å². The van der Waals surface area contributed by atoms with Crippen LogP contribution in [0, 0.1) is 10.1 Å². The van der Waals surface area contributed by atoms with Crippen LogP contribution in [0.5, 0.6) is 0 Å². The van der Waals surface area contributed by atoms with Crippen LogP contribution in [-0.2, 0) is 20.3 Å². The highest BCUT2D eigenvalue weighted by atomic mass is 35.5. The molecule has 0 amide bonds. The van der Waals surface area contributed by atoms with Crippen LogP contribution in [-0.4, -0.2) is 83.4 Å². The number of non-ortho nitro benzene ring substituents is 1. The van der Waals surface area contributed by atoms with Crippen molar-refractivity contribution < 1.29 is 39.1 Å². The summed E-state index contributed by atoms with van der Waals surface area (Å²) in [5, 5.41) is 49.5. The van der Waals surface area contributed by atoms with E-state index >= 15 is 0 Å². The molecule has 3 unspecified atom stereocenters. The summed E-state index contributed by atoms with van der Waals surface area (Å²) in [7, 11) is 0. The fraction of sp³-hybridized carbons (Fsp3) is 0.400. The number of nitrogens with zero attached hydrogens (tertiary/aromatic N) is 3. The zero-order valence-corrected chi connectivity index (χ0v) is 25.3. The van der Waals surface area contributed by atoms with Gasteiger partial charge in [-0.1, -0.05) is 17.3 Å². The Bertz CT molecular complexity index is 1500. The summed E-state index contributed by atoms with van der Waals surface area (Å²) in [6, 6.07) is 4.91. The summed E-state index contributed by atoms with van der Waals surface area (Å²) in [5.41, 5.74) is 6.09. The number of nitro benzene ring substituents is 1. The number of benzene rings is 1. The maximum atomic E-state index is 13.1. The van der Waals surface area contributed by atoms with Gasteiger partial charge in [0.2, 0.25) is 0 Å². The molecule has 1 aromatic heterocycles. The lowest BCUT2D eigenvalue weighted by Crippen LogP contribution is -2.61. The SMILES string of the molecule is CSCCC(N)(C(=O)O)C1=C(C(=O)O)C(c2cccc([N+](=O)[O-])c2)C(c2nc(CCl)no2)=C(C(N)(CCSC)C(=O)O)N1. The highest BCUT2D eigenvalue weighted by Gasteiger charge is 2.52. The number of aromatic nitrogens is 2. The fourth-order valence-electron chi connectivity index (χ4n) is 4.63. The molecule has 0 bridgehead atoms. The van der Waals surface area contributed by atoms with Crippen LogP contribution in [0.3, 0.4) is 0 Å². The molecule has 8 N–H and O–H groups in total. The molecule has 43 heavy (non-hydrogen) atoms. The van der Waals surface area contributed by atoms with E-state index in [0.29, 0.717) is 0 Å². The first-order chi connectivity index (χ1) is 20.3. The predicted octanol–water partition coefficient (Wildman–Crippen LogP) is 2.22. The number of hydrogen-bond acceptors (Lipinski definition) is 13. The predicted molar refractivity (Wildman–Crippen MR) is 160 cm³/mol. The van der Waals surface area contributed by atoms with Crippen LogP contribution in [0.4, 0.5) is 5.69 Å². The van der Waals surface area contributed by atoms with Gasteiger partial charge in [0, 0.05) is 12.1 Å². The van der Waals surface area contributed by atoms with Gasteiger partial charge in [0.25, 0.3) is 11.6 Å². The second-order valence-electron chi connectivity index (χ2n) is 9.48. The summed E-state index contributed by atoms with van der Waals surface area (Å²) in [5.74, 6) is -6.66. The van der Waals surface area contributed by atoms with Crippen LogP contribution >= 0.6 is 35.1 Å². The van der Waals surface area contributed by atoms with Gasteiger partial charge in [-0.15, -0.1) is 11.6 Å². The Morgan fingerprint density at radius 2 is 1.67 bits per heavy atom. The van der Waals surface area contributed by atoms with Gasteiger partial charge in [0.05, 0.1) is 39.3 Å². The summed E-state index contributed by atoms with van der Waals surface area (Å²) in [4.78, 5) is 53.8. The first-order valence-corrected chi connectivity index (χ1v) is 15.7. The van der Waals surface area contributed by atoms with Crippen molar-refractivity contribution in [1.82, 2.24) is 15.5 Å². The second kappa shape index (κ2) is 13.8. The molecule has 3 atom stereocenters. The highest BCUT2D eigenvalue weighted by Crippen LogP contribution is 2.48. The third-order valence-electron chi connectivity index (χ3n) is 6.89. The van der Waals surface area contributed by atoms with Crippen LogP contribution in [0.2, 0.25) is 0 Å². The van der Waals surface area contributed by atoms with Crippen molar-refractivity contribution in [2.24, 2.45) is 11.5 Å². The number of nitrogens with one attached hydrogen (secondary N) is 1. The zero-order valence-electron chi connectivity index (χ0n) is 22.9. The van der Waals surface area contributed by atoms with Gasteiger partial charge in [-0.3, -0.25) is 10.1 Å². The van der Waals surface area contributed by atoms with E-state index in [1.807, 2.05) is 0 Å². The Hall–Kier alpha value is -3.64. The van der Waals surface area contributed by atoms with E-state index in [4.69, 9.17) is 27.6 Å². The van der Waals surface area contributed by atoms with E-state index in [1.54, 1.807) is 12.5 Å². The van der Waals surface area contributed by atoms with Crippen molar-refractivity contribution in [3.8, 4) is 0 Å². The molecule has 3 rings (SSSR count). The zero-order chi connectivity index (χ0) is 32.1. The molecule has 0 spiro atoms. The molecule has 15 nitrogen and oxygen atoms in total. The van der Waals surface area contributed by atoms with E-state index in [2.05, 4.69) is 15.5 Å². The van der Waals surface area contributed by atoms with Gasteiger partial charge >= 0.3 is 17.9 Å². The molecule has 2 heterocycles. The number of halogens is 1. The largest absolute Gasteiger partial charge is 0.480 e. The van der Waals surface area contributed by atoms with Crippen molar-refractivity contribution in [2.45, 2.75) is 35.7 Å². The van der Waals surface area contributed by atoms with Crippen LogP contribution in [0.15, 0.2) is 45.8 Å². The van der Waals surface area contributed by atoms with Gasteiger partial charge in [-0.25, -0.2) is 14.4 Å². The van der Waals surface area contributed by atoms with E-state index in [0.717, 1.165) is 6.07 Å². The van der Waals surface area contributed by atoms with Crippen molar-refractivity contribution in [3.05, 3.63) is 68.6 Å². The van der Waals surface area contributed by atoms with Crippen LogP contribution in [0.1, 0.15) is 36.0 Å². The normalized spacial score (nSPS) is 18.0. The molecule has 0 saturated heterocycles. The lowest BCUT2D eigenvalue weighted by atomic mass is 9.72. The molecule has 18 heteroatoms. The number of dihydropyridines is 1. The standard InChI is InChI=1S/C25H29ClN6O9S2/c1-42-8-6-24(27,22(35)36)18-16(20-29-14(11-26)31-41-20)15(12-4-3-5-13(10-12)32(39)40)17(21(33)34)19(30-18)25(28,23(37)38)7-9-43-2/h3-5,10,15,30H,6-9,11,27-28H2,1-2H3,(H,33,34)(H,35,36)(H,37,38). The highest BCUT2D eigenvalue weighted by molar-refractivity contribution is 7.98. The Labute approximate surface area is 258 Å². The van der Waals surface area contributed by atoms with Gasteiger partial charge < -0.3 is 36.6 Å². The Morgan fingerprint density at radius 3 is 2.14 bits per heavy atom. The Morgan fingerprint density at radius 1 is 1.09 bits per heavy atom. The van der Waals surface area contributed by atoms with Crippen LogP contribution in [0.25, 0.3) is 5.57 Å². The minimum absolute atomic E-state index is 0.0288. The molecule has 1 aliphatic rings. The number of nitrogens with two attached hydrogens (primary N) is 2.